The lowest BCUT2D eigenvalue weighted by Gasteiger charge is -2.21. The molecular formula is C11H11ClN2O5. The smallest absolute Gasteiger partial charge is 0.326 e. The average molecular weight is 287 g/mol. The molecule has 19 heavy (non-hydrogen) atoms. The SMILES string of the molecule is CC(C(=O)O)N(C)C(=O)c1cc(Cl)cc([N+](=O)[O-])c1. The Kier molecular flexibility index (Phi) is 4.44. The van der Waals surface area contributed by atoms with Crippen LogP contribution < -0.4 is 0 Å². The molecule has 1 N–H and O–H groups in total. The van der Waals surface area contributed by atoms with Crippen LogP contribution >= 0.6 is 11.6 Å². The zero-order valence-electron chi connectivity index (χ0n) is 10.2. The summed E-state index contributed by atoms with van der Waals surface area (Å²) in [5.41, 5.74) is -0.359. The van der Waals surface area contributed by atoms with E-state index in [1.165, 1.54) is 20.0 Å². The molecule has 0 fully saturated rings. The van der Waals surface area contributed by atoms with Crippen LogP contribution in [0.2, 0.25) is 5.02 Å². The highest BCUT2D eigenvalue weighted by atomic mass is 35.5. The first-order valence-corrected chi connectivity index (χ1v) is 5.56. The third-order valence-electron chi connectivity index (χ3n) is 2.60. The molecule has 0 heterocycles. The Balaban J connectivity index is 3.12. The number of non-ortho nitro benzene ring substituents is 1. The van der Waals surface area contributed by atoms with E-state index < -0.39 is 22.8 Å². The van der Waals surface area contributed by atoms with E-state index in [0.29, 0.717) is 0 Å². The minimum absolute atomic E-state index is 0.0326. The van der Waals surface area contributed by atoms with E-state index >= 15 is 0 Å². The molecule has 0 spiro atoms. The number of nitro benzene ring substituents is 1. The molecule has 1 atom stereocenters. The molecule has 0 radical (unpaired) electrons. The molecule has 0 aromatic heterocycles. The van der Waals surface area contributed by atoms with Crippen LogP contribution in [0.25, 0.3) is 0 Å². The number of carboxylic acids is 1. The van der Waals surface area contributed by atoms with Crippen LogP contribution in [0.4, 0.5) is 5.69 Å². The Morgan fingerprint density at radius 3 is 2.47 bits per heavy atom. The summed E-state index contributed by atoms with van der Waals surface area (Å²) in [6, 6.07) is 2.37. The van der Waals surface area contributed by atoms with Crippen molar-refractivity contribution >= 4 is 29.2 Å². The number of hydrogen-bond donors (Lipinski definition) is 1. The quantitative estimate of drug-likeness (QED) is 0.672. The van der Waals surface area contributed by atoms with E-state index in [9.17, 15) is 19.7 Å². The molecule has 1 aromatic carbocycles. The first-order valence-electron chi connectivity index (χ1n) is 5.19. The van der Waals surface area contributed by atoms with Crippen LogP contribution in [0.1, 0.15) is 17.3 Å². The molecule has 0 aliphatic carbocycles. The van der Waals surface area contributed by atoms with Gasteiger partial charge in [0.15, 0.2) is 0 Å². The molecule has 1 rings (SSSR count). The van der Waals surface area contributed by atoms with Gasteiger partial charge in [0.05, 0.1) is 4.92 Å². The van der Waals surface area contributed by atoms with Gasteiger partial charge in [-0.25, -0.2) is 4.79 Å². The summed E-state index contributed by atoms with van der Waals surface area (Å²) in [6.45, 7) is 1.33. The Bertz CT molecular complexity index is 546. The Morgan fingerprint density at radius 1 is 1.42 bits per heavy atom. The van der Waals surface area contributed by atoms with Crippen molar-refractivity contribution in [1.29, 1.82) is 0 Å². The molecule has 8 heteroatoms. The number of carbonyl (C=O) groups excluding carboxylic acids is 1. The number of hydrogen-bond acceptors (Lipinski definition) is 4. The summed E-state index contributed by atoms with van der Waals surface area (Å²) in [4.78, 5) is 33.7. The van der Waals surface area contributed by atoms with Crippen LogP contribution in [0.5, 0.6) is 0 Å². The summed E-state index contributed by atoms with van der Waals surface area (Å²) in [5.74, 6) is -1.83. The maximum Gasteiger partial charge on any atom is 0.326 e. The lowest BCUT2D eigenvalue weighted by atomic mass is 10.1. The molecule has 7 nitrogen and oxygen atoms in total. The predicted molar refractivity (Wildman–Crippen MR) is 67.3 cm³/mol. The average Bonchev–Trinajstić information content (AvgIpc) is 2.35. The van der Waals surface area contributed by atoms with E-state index in [-0.39, 0.29) is 16.3 Å². The van der Waals surface area contributed by atoms with E-state index in [1.807, 2.05) is 0 Å². The van der Waals surface area contributed by atoms with Gasteiger partial charge in [0.1, 0.15) is 6.04 Å². The largest absolute Gasteiger partial charge is 0.480 e. The number of nitrogens with zero attached hydrogens (tertiary/aromatic N) is 2. The zero-order chi connectivity index (χ0) is 14.7. The second kappa shape index (κ2) is 5.66. The van der Waals surface area contributed by atoms with Gasteiger partial charge < -0.3 is 10.0 Å². The normalized spacial score (nSPS) is 11.7. The fraction of sp³-hybridized carbons (Fsp3) is 0.273. The second-order valence-electron chi connectivity index (χ2n) is 3.89. The molecule has 1 amide bonds. The number of likely N-dealkylation sites (N-methyl/N-ethyl adjacent to an activating group) is 1. The maximum absolute atomic E-state index is 12.0. The van der Waals surface area contributed by atoms with Crippen molar-refractivity contribution in [2.45, 2.75) is 13.0 Å². The van der Waals surface area contributed by atoms with Crippen molar-refractivity contribution in [3.8, 4) is 0 Å². The number of rotatable bonds is 4. The third kappa shape index (κ3) is 3.41. The highest BCUT2D eigenvalue weighted by Crippen LogP contribution is 2.22. The number of halogens is 1. The lowest BCUT2D eigenvalue weighted by molar-refractivity contribution is -0.384. The number of aliphatic carboxylic acids is 1. The fourth-order valence-corrected chi connectivity index (χ4v) is 1.58. The zero-order valence-corrected chi connectivity index (χ0v) is 10.9. The summed E-state index contributed by atoms with van der Waals surface area (Å²) >= 11 is 5.69. The Hall–Kier alpha value is -2.15. The van der Waals surface area contributed by atoms with Gasteiger partial charge in [-0.2, -0.15) is 0 Å². The van der Waals surface area contributed by atoms with E-state index in [0.717, 1.165) is 17.0 Å². The monoisotopic (exact) mass is 286 g/mol. The van der Waals surface area contributed by atoms with E-state index in [4.69, 9.17) is 16.7 Å². The summed E-state index contributed by atoms with van der Waals surface area (Å²) in [5, 5.41) is 19.5. The summed E-state index contributed by atoms with van der Waals surface area (Å²) in [6.07, 6.45) is 0. The first kappa shape index (κ1) is 14.9. The number of nitro groups is 1. The highest BCUT2D eigenvalue weighted by molar-refractivity contribution is 6.31. The van der Waals surface area contributed by atoms with E-state index in [1.54, 1.807) is 0 Å². The molecule has 0 bridgehead atoms. The summed E-state index contributed by atoms with van der Waals surface area (Å²) in [7, 11) is 1.30. The molecule has 0 saturated carbocycles. The van der Waals surface area contributed by atoms with Gasteiger partial charge in [-0.15, -0.1) is 0 Å². The lowest BCUT2D eigenvalue weighted by Crippen LogP contribution is -2.40. The van der Waals surface area contributed by atoms with Crippen LogP contribution in [-0.2, 0) is 4.79 Å². The van der Waals surface area contributed by atoms with Crippen LogP contribution in [-0.4, -0.2) is 39.9 Å². The molecule has 0 saturated heterocycles. The second-order valence-corrected chi connectivity index (χ2v) is 4.32. The molecular weight excluding hydrogens is 276 g/mol. The molecule has 1 aromatic rings. The molecule has 0 aliphatic rings. The van der Waals surface area contributed by atoms with Crippen LogP contribution in [0.3, 0.4) is 0 Å². The molecule has 102 valence electrons. The van der Waals surface area contributed by atoms with Crippen LogP contribution in [0.15, 0.2) is 18.2 Å². The topological polar surface area (TPSA) is 101 Å². The summed E-state index contributed by atoms with van der Waals surface area (Å²) < 4.78 is 0. The van der Waals surface area contributed by atoms with Crippen molar-refractivity contribution in [3.63, 3.8) is 0 Å². The van der Waals surface area contributed by atoms with Crippen molar-refractivity contribution in [3.05, 3.63) is 38.9 Å². The van der Waals surface area contributed by atoms with Gasteiger partial charge in [-0.1, -0.05) is 11.6 Å². The minimum Gasteiger partial charge on any atom is -0.480 e. The highest BCUT2D eigenvalue weighted by Gasteiger charge is 2.24. The Labute approximate surface area is 113 Å². The molecule has 1 unspecified atom stereocenters. The van der Waals surface area contributed by atoms with Crippen molar-refractivity contribution in [2.75, 3.05) is 7.05 Å². The van der Waals surface area contributed by atoms with Gasteiger partial charge in [0, 0.05) is 29.8 Å². The van der Waals surface area contributed by atoms with Crippen LogP contribution in [0, 0.1) is 10.1 Å². The standard InChI is InChI=1S/C11H11ClN2O5/c1-6(11(16)17)13(2)10(15)7-3-8(12)5-9(4-7)14(18)19/h3-6H,1-2H3,(H,16,17). The predicted octanol–water partition coefficient (Wildman–Crippen LogP) is 1.79. The Morgan fingerprint density at radius 2 is 2.00 bits per heavy atom. The third-order valence-corrected chi connectivity index (χ3v) is 2.82. The molecule has 0 aliphatic heterocycles. The fourth-order valence-electron chi connectivity index (χ4n) is 1.35. The van der Waals surface area contributed by atoms with Gasteiger partial charge in [-0.05, 0) is 13.0 Å². The van der Waals surface area contributed by atoms with E-state index in [2.05, 4.69) is 0 Å². The van der Waals surface area contributed by atoms with Crippen molar-refractivity contribution in [2.24, 2.45) is 0 Å². The first-order chi connectivity index (χ1) is 8.73. The van der Waals surface area contributed by atoms with Crippen molar-refractivity contribution < 1.29 is 19.6 Å². The van der Waals surface area contributed by atoms with Gasteiger partial charge in [-0.3, -0.25) is 14.9 Å². The van der Waals surface area contributed by atoms with Gasteiger partial charge >= 0.3 is 5.97 Å². The number of amides is 1. The maximum atomic E-state index is 12.0. The van der Waals surface area contributed by atoms with Gasteiger partial charge in [0.2, 0.25) is 0 Å². The van der Waals surface area contributed by atoms with Crippen molar-refractivity contribution in [1.82, 2.24) is 4.90 Å². The number of carbonyl (C=O) groups is 2. The number of carboxylic acid groups (broad SMARTS) is 1. The number of benzene rings is 1. The minimum atomic E-state index is -1.17. The van der Waals surface area contributed by atoms with Gasteiger partial charge in [0.25, 0.3) is 11.6 Å².